The molecule has 2 aromatic heterocycles. The molecule has 30 heavy (non-hydrogen) atoms. The van der Waals surface area contributed by atoms with E-state index in [-0.39, 0.29) is 5.41 Å². The molecule has 4 heteroatoms. The van der Waals surface area contributed by atoms with Crippen molar-refractivity contribution in [3.8, 4) is 11.3 Å². The Morgan fingerprint density at radius 1 is 0.967 bits per heavy atom. The number of nitrogens with one attached hydrogen (secondary N) is 2. The van der Waals surface area contributed by atoms with Gasteiger partial charge in [-0.15, -0.1) is 0 Å². The number of aromatic nitrogens is 4. The molecular formula is C26H26N4. The Bertz CT molecular complexity index is 1160. The second kappa shape index (κ2) is 7.45. The molecule has 3 unspecified atom stereocenters. The van der Waals surface area contributed by atoms with Crippen LogP contribution in [0.4, 0.5) is 0 Å². The van der Waals surface area contributed by atoms with Crippen molar-refractivity contribution < 1.29 is 0 Å². The van der Waals surface area contributed by atoms with E-state index in [2.05, 4.69) is 95.9 Å². The van der Waals surface area contributed by atoms with Gasteiger partial charge in [0.25, 0.3) is 0 Å². The number of benzene rings is 1. The number of hydrogen-bond donors (Lipinski definition) is 2. The van der Waals surface area contributed by atoms with Gasteiger partial charge in [-0.25, -0.2) is 0 Å². The molecule has 2 aliphatic carbocycles. The molecule has 1 aromatic carbocycles. The molecule has 0 saturated heterocycles. The topological polar surface area (TPSA) is 57.4 Å². The molecule has 0 amide bonds. The summed E-state index contributed by atoms with van der Waals surface area (Å²) in [4.78, 5) is 0. The quantitative estimate of drug-likeness (QED) is 0.575. The molecule has 0 saturated carbocycles. The van der Waals surface area contributed by atoms with Crippen LogP contribution in [0, 0.1) is 5.92 Å². The first-order chi connectivity index (χ1) is 14.6. The molecule has 0 bridgehead atoms. The Kier molecular flexibility index (Phi) is 4.62. The van der Waals surface area contributed by atoms with Crippen LogP contribution in [0.15, 0.2) is 85.0 Å². The highest BCUT2D eigenvalue weighted by molar-refractivity contribution is 5.72. The third-order valence-corrected chi connectivity index (χ3v) is 6.26. The van der Waals surface area contributed by atoms with Gasteiger partial charge in [0.05, 0.1) is 17.1 Å². The predicted octanol–water partition coefficient (Wildman–Crippen LogP) is 5.95. The zero-order valence-corrected chi connectivity index (χ0v) is 17.3. The summed E-state index contributed by atoms with van der Waals surface area (Å²) >= 11 is 0. The van der Waals surface area contributed by atoms with Crippen LogP contribution in [-0.4, -0.2) is 20.4 Å². The molecule has 2 N–H and O–H groups in total. The van der Waals surface area contributed by atoms with Crippen LogP contribution in [-0.2, 0) is 5.41 Å². The Balaban J connectivity index is 1.38. The first kappa shape index (κ1) is 18.6. The molecule has 3 atom stereocenters. The van der Waals surface area contributed by atoms with Crippen LogP contribution < -0.4 is 0 Å². The number of H-pyrrole nitrogens is 2. The van der Waals surface area contributed by atoms with Crippen molar-refractivity contribution in [3.63, 3.8) is 0 Å². The van der Waals surface area contributed by atoms with Gasteiger partial charge in [0.2, 0.25) is 0 Å². The molecule has 3 aromatic rings. The average Bonchev–Trinajstić information content (AvgIpc) is 3.46. The highest BCUT2D eigenvalue weighted by Gasteiger charge is 2.32. The molecule has 150 valence electrons. The largest absolute Gasteiger partial charge is 0.282 e. The Morgan fingerprint density at radius 2 is 1.80 bits per heavy atom. The van der Waals surface area contributed by atoms with Gasteiger partial charge in [-0.3, -0.25) is 10.2 Å². The number of rotatable bonds is 4. The minimum absolute atomic E-state index is 0.165. The fraction of sp³-hybridized carbons (Fsp3) is 0.231. The normalized spacial score (nSPS) is 25.5. The minimum atomic E-state index is -0.165. The summed E-state index contributed by atoms with van der Waals surface area (Å²) < 4.78 is 0. The first-order valence-electron chi connectivity index (χ1n) is 10.5. The summed E-state index contributed by atoms with van der Waals surface area (Å²) in [5.41, 5.74) is 6.49. The molecule has 4 nitrogen and oxygen atoms in total. The van der Waals surface area contributed by atoms with Crippen LogP contribution >= 0.6 is 0 Å². The average molecular weight is 395 g/mol. The summed E-state index contributed by atoms with van der Waals surface area (Å²) in [6, 6.07) is 14.7. The molecule has 2 heterocycles. The lowest BCUT2D eigenvalue weighted by Crippen LogP contribution is -2.22. The van der Waals surface area contributed by atoms with E-state index in [9.17, 15) is 0 Å². The van der Waals surface area contributed by atoms with E-state index in [1.54, 1.807) is 0 Å². The van der Waals surface area contributed by atoms with Crippen molar-refractivity contribution >= 4 is 5.57 Å². The van der Waals surface area contributed by atoms with E-state index >= 15 is 0 Å². The Morgan fingerprint density at radius 3 is 2.63 bits per heavy atom. The highest BCUT2D eigenvalue weighted by Crippen LogP contribution is 2.39. The van der Waals surface area contributed by atoms with Gasteiger partial charge in [0.1, 0.15) is 0 Å². The van der Waals surface area contributed by atoms with E-state index in [0.717, 1.165) is 29.1 Å². The zero-order chi connectivity index (χ0) is 20.6. The van der Waals surface area contributed by atoms with Crippen LogP contribution in [0.2, 0.25) is 0 Å². The molecule has 0 fully saturated rings. The lowest BCUT2D eigenvalue weighted by Gasteiger charge is -2.27. The van der Waals surface area contributed by atoms with Gasteiger partial charge >= 0.3 is 0 Å². The van der Waals surface area contributed by atoms with Gasteiger partial charge in [-0.2, -0.15) is 10.2 Å². The summed E-state index contributed by atoms with van der Waals surface area (Å²) in [5, 5.41) is 15.8. The van der Waals surface area contributed by atoms with Gasteiger partial charge in [-0.1, -0.05) is 86.7 Å². The maximum Gasteiger partial charge on any atom is 0.0887 e. The smallest absolute Gasteiger partial charge is 0.0887 e. The lowest BCUT2D eigenvalue weighted by atomic mass is 9.76. The Labute approximate surface area is 177 Å². The number of aromatic amines is 2. The fourth-order valence-electron chi connectivity index (χ4n) is 4.40. The van der Waals surface area contributed by atoms with Crippen molar-refractivity contribution in [2.24, 2.45) is 5.92 Å². The minimum Gasteiger partial charge on any atom is -0.282 e. The summed E-state index contributed by atoms with van der Waals surface area (Å²) in [5.74, 6) is 0.816. The van der Waals surface area contributed by atoms with Crippen molar-refractivity contribution in [3.05, 3.63) is 102 Å². The van der Waals surface area contributed by atoms with E-state index in [1.807, 2.05) is 18.2 Å². The number of allylic oxidation sites excluding steroid dienone is 8. The van der Waals surface area contributed by atoms with Crippen LogP contribution in [0.25, 0.3) is 16.8 Å². The van der Waals surface area contributed by atoms with Crippen molar-refractivity contribution in [1.82, 2.24) is 20.4 Å². The predicted molar refractivity (Wildman–Crippen MR) is 122 cm³/mol. The van der Waals surface area contributed by atoms with Gasteiger partial charge < -0.3 is 0 Å². The lowest BCUT2D eigenvalue weighted by molar-refractivity contribution is 0.584. The molecule has 0 radical (unpaired) electrons. The standard InChI is InChI=1S/C26H26N4/c1-18-9-6-7-13-21(18)24-16-25(30-29-24)26(2)14-8-12-20(17-26)23-15-22(27-28-23)19-10-4-3-5-11-19/h3-16,18,21H,17H2,1-2H3,(H,27,28)(H,29,30). The summed E-state index contributed by atoms with van der Waals surface area (Å²) in [6.07, 6.45) is 16.2. The van der Waals surface area contributed by atoms with Gasteiger partial charge in [-0.05, 0) is 35.6 Å². The highest BCUT2D eigenvalue weighted by atomic mass is 15.1. The molecule has 0 aliphatic heterocycles. The maximum atomic E-state index is 4.71. The zero-order valence-electron chi connectivity index (χ0n) is 17.3. The third kappa shape index (κ3) is 3.39. The van der Waals surface area contributed by atoms with Crippen LogP contribution in [0.1, 0.15) is 43.3 Å². The fourth-order valence-corrected chi connectivity index (χ4v) is 4.40. The molecular weight excluding hydrogens is 368 g/mol. The summed E-state index contributed by atoms with van der Waals surface area (Å²) in [7, 11) is 0. The number of hydrogen-bond acceptors (Lipinski definition) is 2. The van der Waals surface area contributed by atoms with E-state index in [1.165, 1.54) is 11.3 Å². The van der Waals surface area contributed by atoms with Crippen molar-refractivity contribution in [2.45, 2.75) is 31.6 Å². The van der Waals surface area contributed by atoms with Gasteiger partial charge in [0.15, 0.2) is 0 Å². The molecule has 2 aliphatic rings. The molecule has 5 rings (SSSR count). The first-order valence-corrected chi connectivity index (χ1v) is 10.5. The third-order valence-electron chi connectivity index (χ3n) is 6.26. The second-order valence-corrected chi connectivity index (χ2v) is 8.54. The van der Waals surface area contributed by atoms with Crippen LogP contribution in [0.5, 0.6) is 0 Å². The van der Waals surface area contributed by atoms with E-state index in [0.29, 0.717) is 11.8 Å². The van der Waals surface area contributed by atoms with E-state index < -0.39 is 0 Å². The van der Waals surface area contributed by atoms with Crippen molar-refractivity contribution in [2.75, 3.05) is 0 Å². The second-order valence-electron chi connectivity index (χ2n) is 8.54. The van der Waals surface area contributed by atoms with Crippen LogP contribution in [0.3, 0.4) is 0 Å². The summed E-state index contributed by atoms with van der Waals surface area (Å²) in [6.45, 7) is 4.50. The monoisotopic (exact) mass is 394 g/mol. The maximum absolute atomic E-state index is 4.71. The van der Waals surface area contributed by atoms with Crippen molar-refractivity contribution in [1.29, 1.82) is 0 Å². The SMILES string of the molecule is CC1C=CC=CC1c1cc(C2(C)C=CC=C(c3cc(-c4ccccc4)[nH]n3)C2)n[nH]1. The van der Waals surface area contributed by atoms with E-state index in [4.69, 9.17) is 5.10 Å². The number of nitrogens with zero attached hydrogens (tertiary/aromatic N) is 2. The van der Waals surface area contributed by atoms with Gasteiger partial charge in [0, 0.05) is 17.0 Å². The Hall–Kier alpha value is -3.40. The molecule has 0 spiro atoms.